The highest BCUT2D eigenvalue weighted by Crippen LogP contribution is 2.19. The summed E-state index contributed by atoms with van der Waals surface area (Å²) in [5.74, 6) is 5.56. The number of hydrogen-bond acceptors (Lipinski definition) is 3. The second-order valence-corrected chi connectivity index (χ2v) is 5.31. The molecule has 0 radical (unpaired) electrons. The van der Waals surface area contributed by atoms with Gasteiger partial charge in [-0.05, 0) is 30.5 Å². The van der Waals surface area contributed by atoms with Crippen LogP contribution < -0.4 is 11.6 Å². The van der Waals surface area contributed by atoms with Crippen molar-refractivity contribution in [3.05, 3.63) is 34.9 Å². The number of halogens is 1. The van der Waals surface area contributed by atoms with E-state index in [0.717, 1.165) is 12.0 Å². The molecular weight excluding hydrogens is 292 g/mol. The zero-order valence-corrected chi connectivity index (χ0v) is 12.3. The second-order valence-electron chi connectivity index (χ2n) is 4.87. The third-order valence-electron chi connectivity index (χ3n) is 3.51. The first-order valence-electron chi connectivity index (χ1n) is 6.60. The van der Waals surface area contributed by atoms with Crippen LogP contribution >= 0.6 is 11.6 Å². The molecule has 21 heavy (non-hydrogen) atoms. The number of rotatable bonds is 3. The molecule has 1 saturated heterocycles. The number of carbonyl (C=O) groups excluding carboxylic acids is 1. The first kappa shape index (κ1) is 15.2. The van der Waals surface area contributed by atoms with E-state index in [4.69, 9.17) is 28.6 Å². The van der Waals surface area contributed by atoms with Crippen molar-refractivity contribution in [2.45, 2.75) is 25.4 Å². The van der Waals surface area contributed by atoms with Gasteiger partial charge in [-0.25, -0.2) is 10.6 Å². The van der Waals surface area contributed by atoms with Gasteiger partial charge in [0.25, 0.3) is 5.84 Å². The van der Waals surface area contributed by atoms with Crippen LogP contribution in [0.3, 0.4) is 0 Å². The molecule has 0 aromatic heterocycles. The Morgan fingerprint density at radius 1 is 1.48 bits per heavy atom. The van der Waals surface area contributed by atoms with Crippen LogP contribution in [0.15, 0.2) is 29.5 Å². The average Bonchev–Trinajstić information content (AvgIpc) is 2.95. The van der Waals surface area contributed by atoms with Gasteiger partial charge in [-0.1, -0.05) is 23.7 Å². The fourth-order valence-corrected chi connectivity index (χ4v) is 2.56. The van der Waals surface area contributed by atoms with E-state index in [2.05, 4.69) is 5.22 Å². The lowest BCUT2D eigenvalue weighted by atomic mass is 10.1. The fourth-order valence-electron chi connectivity index (χ4n) is 2.44. The predicted octanol–water partition coefficient (Wildman–Crippen LogP) is 1.70. The van der Waals surface area contributed by atoms with Crippen LogP contribution in [0, 0.1) is 5.41 Å². The number of amidine groups is 1. The average molecular weight is 310 g/mol. The summed E-state index contributed by atoms with van der Waals surface area (Å²) in [5.41, 5.74) is 6.25. The summed E-state index contributed by atoms with van der Waals surface area (Å²) < 4.78 is 1.37. The molecule has 112 valence electrons. The minimum absolute atomic E-state index is 0.170. The Labute approximate surface area is 127 Å². The number of carbonyl (C=O) groups is 1. The Morgan fingerprint density at radius 2 is 2.14 bits per heavy atom. The van der Waals surface area contributed by atoms with Gasteiger partial charge in [0.1, 0.15) is 12.6 Å². The van der Waals surface area contributed by atoms with Gasteiger partial charge in [0.05, 0.1) is 0 Å². The monoisotopic (exact) mass is 309 g/mol. The standard InChI is InChI=1S/C13H17ClN6O/c14-10-5-3-9(4-6-10)8-20(18-17)12(15)11-2-1-7-19(11)13(16)21/h3-6,11,15,17H,1-2,7-8H2,(H2,16,21)/p+1/t11-/m1/s1. The van der Waals surface area contributed by atoms with Crippen molar-refractivity contribution in [3.8, 4) is 0 Å². The molecule has 1 fully saturated rings. The maximum absolute atomic E-state index is 11.4. The van der Waals surface area contributed by atoms with E-state index in [1.807, 2.05) is 12.1 Å². The van der Waals surface area contributed by atoms with Crippen LogP contribution in [0.25, 0.3) is 0 Å². The first-order chi connectivity index (χ1) is 10.0. The summed E-state index contributed by atoms with van der Waals surface area (Å²) in [7, 11) is 0. The molecule has 8 heteroatoms. The van der Waals surface area contributed by atoms with E-state index in [-0.39, 0.29) is 11.9 Å². The minimum atomic E-state index is -0.522. The lowest BCUT2D eigenvalue weighted by Gasteiger charge is -2.21. The fraction of sp³-hybridized carbons (Fsp3) is 0.385. The van der Waals surface area contributed by atoms with Gasteiger partial charge in [-0.3, -0.25) is 0 Å². The quantitative estimate of drug-likeness (QED) is 0.197. The lowest BCUT2D eigenvalue weighted by Crippen LogP contribution is -2.46. The summed E-state index contributed by atoms with van der Waals surface area (Å²) >= 11 is 5.84. The van der Waals surface area contributed by atoms with E-state index in [0.29, 0.717) is 24.5 Å². The number of nitrogens with one attached hydrogen (secondary N) is 1. The highest BCUT2D eigenvalue weighted by molar-refractivity contribution is 6.30. The Kier molecular flexibility index (Phi) is 4.74. The summed E-state index contributed by atoms with van der Waals surface area (Å²) in [4.78, 5) is 12.9. The molecule has 1 aromatic rings. The Hall–Kier alpha value is -2.15. The zero-order valence-electron chi connectivity index (χ0n) is 11.5. The van der Waals surface area contributed by atoms with Crippen LogP contribution in [-0.2, 0) is 6.54 Å². The molecule has 5 N–H and O–H groups in total. The molecule has 0 spiro atoms. The number of nitrogens with zero attached hydrogens (tertiary/aromatic N) is 3. The summed E-state index contributed by atoms with van der Waals surface area (Å²) in [6.45, 7) is 0.900. The topological polar surface area (TPSA) is 112 Å². The summed E-state index contributed by atoms with van der Waals surface area (Å²) in [6, 6.07) is 6.32. The highest BCUT2D eigenvalue weighted by Gasteiger charge is 2.35. The number of primary amides is 1. The smallest absolute Gasteiger partial charge is 0.315 e. The van der Waals surface area contributed by atoms with Crippen LogP contribution in [0.2, 0.25) is 5.02 Å². The minimum Gasteiger partial charge on any atom is -0.351 e. The number of urea groups is 1. The summed E-state index contributed by atoms with van der Waals surface area (Å²) in [6.07, 6.45) is 1.50. The van der Waals surface area contributed by atoms with Crippen LogP contribution in [-0.4, -0.2) is 34.1 Å². The maximum Gasteiger partial charge on any atom is 0.315 e. The van der Waals surface area contributed by atoms with Crippen molar-refractivity contribution in [1.29, 1.82) is 5.41 Å². The molecule has 7 nitrogen and oxygen atoms in total. The molecule has 1 atom stereocenters. The van der Waals surface area contributed by atoms with Crippen LogP contribution in [0.5, 0.6) is 0 Å². The molecule has 0 aliphatic carbocycles. The van der Waals surface area contributed by atoms with Gasteiger partial charge in [-0.15, -0.1) is 4.70 Å². The van der Waals surface area contributed by atoms with Crippen LogP contribution in [0.1, 0.15) is 18.4 Å². The third kappa shape index (κ3) is 3.49. The molecule has 1 aliphatic heterocycles. The van der Waals surface area contributed by atoms with Gasteiger partial charge in [0.2, 0.25) is 0 Å². The Morgan fingerprint density at radius 3 is 2.71 bits per heavy atom. The van der Waals surface area contributed by atoms with E-state index >= 15 is 0 Å². The zero-order chi connectivity index (χ0) is 15.4. The van der Waals surface area contributed by atoms with Crippen molar-refractivity contribution in [2.75, 3.05) is 6.54 Å². The number of likely N-dealkylation sites (tertiary alicyclic amines) is 1. The normalized spacial score (nSPS) is 18.8. The molecule has 2 amide bonds. The molecule has 1 aliphatic rings. The molecule has 2 rings (SSSR count). The van der Waals surface area contributed by atoms with Gasteiger partial charge >= 0.3 is 6.03 Å². The number of amides is 2. The molecule has 1 heterocycles. The van der Waals surface area contributed by atoms with Crippen molar-refractivity contribution in [3.63, 3.8) is 0 Å². The Balaban J connectivity index is 2.12. The SMILES string of the molecule is N=C([C@H]1CCCN1C(N)=O)[N+](Cc1ccc(Cl)cc1)=NN. The molecule has 0 unspecified atom stereocenters. The van der Waals surface area contributed by atoms with Crippen molar-refractivity contribution in [1.82, 2.24) is 4.90 Å². The number of nitrogens with two attached hydrogens (primary N) is 2. The lowest BCUT2D eigenvalue weighted by molar-refractivity contribution is -0.506. The molecule has 0 saturated carbocycles. The van der Waals surface area contributed by atoms with Crippen molar-refractivity contribution >= 4 is 23.5 Å². The van der Waals surface area contributed by atoms with Gasteiger partial charge in [-0.2, -0.15) is 5.41 Å². The van der Waals surface area contributed by atoms with Gasteiger partial charge in [0.15, 0.2) is 0 Å². The predicted molar refractivity (Wildman–Crippen MR) is 79.1 cm³/mol. The van der Waals surface area contributed by atoms with Crippen molar-refractivity contribution in [2.24, 2.45) is 16.8 Å². The first-order valence-corrected chi connectivity index (χ1v) is 6.98. The van der Waals surface area contributed by atoms with E-state index < -0.39 is 6.03 Å². The second kappa shape index (κ2) is 6.53. The van der Waals surface area contributed by atoms with Crippen molar-refractivity contribution < 1.29 is 9.49 Å². The Bertz CT molecular complexity index is 571. The summed E-state index contributed by atoms with van der Waals surface area (Å²) in [5, 5.41) is 12.5. The molecule has 0 bridgehead atoms. The van der Waals surface area contributed by atoms with Gasteiger partial charge in [0, 0.05) is 16.8 Å². The van der Waals surface area contributed by atoms with E-state index in [9.17, 15) is 4.79 Å². The highest BCUT2D eigenvalue weighted by atomic mass is 35.5. The molecule has 1 aromatic carbocycles. The number of hydrogen-bond donors (Lipinski definition) is 3. The number of benzene rings is 1. The van der Waals surface area contributed by atoms with E-state index in [1.54, 1.807) is 12.1 Å². The molecular formula is C13H18ClN6O+. The largest absolute Gasteiger partial charge is 0.351 e. The third-order valence-corrected chi connectivity index (χ3v) is 3.77. The van der Waals surface area contributed by atoms with E-state index in [1.165, 1.54) is 9.60 Å². The maximum atomic E-state index is 11.4. The van der Waals surface area contributed by atoms with Gasteiger partial charge < -0.3 is 10.6 Å². The van der Waals surface area contributed by atoms with Crippen LogP contribution in [0.4, 0.5) is 4.79 Å².